The van der Waals surface area contributed by atoms with Gasteiger partial charge in [-0.25, -0.2) is 0 Å². The van der Waals surface area contributed by atoms with E-state index < -0.39 is 0 Å². The zero-order valence-electron chi connectivity index (χ0n) is 16.2. The van der Waals surface area contributed by atoms with E-state index in [0.717, 1.165) is 10.9 Å². The van der Waals surface area contributed by atoms with Crippen LogP contribution < -0.4 is 15.4 Å². The first-order chi connectivity index (χ1) is 13.5. The molecule has 1 aromatic heterocycles. The van der Waals surface area contributed by atoms with Gasteiger partial charge in [-0.2, -0.15) is 0 Å². The average molecular weight is 380 g/mol. The summed E-state index contributed by atoms with van der Waals surface area (Å²) in [5.41, 5.74) is 2.25. The highest BCUT2D eigenvalue weighted by atomic mass is 16.5. The number of benzene rings is 2. The van der Waals surface area contributed by atoms with Crippen LogP contribution in [0, 0.1) is 6.92 Å². The molecule has 0 fully saturated rings. The Hall–Kier alpha value is -3.28. The fraction of sp³-hybridized carbons (Fsp3) is 0.273. The van der Waals surface area contributed by atoms with Gasteiger partial charge in [-0.3, -0.25) is 9.59 Å². The lowest BCUT2D eigenvalue weighted by Gasteiger charge is -2.12. The minimum Gasteiger partial charge on any atom is -0.490 e. The van der Waals surface area contributed by atoms with E-state index in [1.807, 2.05) is 57.2 Å². The Morgan fingerprint density at radius 2 is 1.89 bits per heavy atom. The standard InChI is InChI=1S/C22H24N2O4/c1-4-27-18-7-5-6-17-12-19(28-21(17)18)15(3)24-20(25)13-23-22(26)16-10-8-14(2)9-11-16/h5-12,15H,4,13H2,1-3H3,(H,23,26)(H,24,25). The number of hydrogen-bond donors (Lipinski definition) is 2. The Bertz CT molecular complexity index is 976. The molecular weight excluding hydrogens is 356 g/mol. The molecule has 0 spiro atoms. The third-order valence-electron chi connectivity index (χ3n) is 4.35. The largest absolute Gasteiger partial charge is 0.490 e. The molecule has 6 nitrogen and oxygen atoms in total. The minimum absolute atomic E-state index is 0.110. The van der Waals surface area contributed by atoms with Gasteiger partial charge in [0.15, 0.2) is 11.3 Å². The van der Waals surface area contributed by atoms with E-state index in [1.54, 1.807) is 12.1 Å². The summed E-state index contributed by atoms with van der Waals surface area (Å²) in [5, 5.41) is 6.37. The number of carbonyl (C=O) groups is 2. The van der Waals surface area contributed by atoms with Gasteiger partial charge in [0.1, 0.15) is 5.76 Å². The van der Waals surface area contributed by atoms with Gasteiger partial charge in [-0.15, -0.1) is 0 Å². The predicted molar refractivity (Wildman–Crippen MR) is 107 cm³/mol. The van der Waals surface area contributed by atoms with Crippen molar-refractivity contribution in [1.29, 1.82) is 0 Å². The van der Waals surface area contributed by atoms with E-state index in [1.165, 1.54) is 0 Å². The van der Waals surface area contributed by atoms with E-state index in [0.29, 0.717) is 29.3 Å². The summed E-state index contributed by atoms with van der Waals surface area (Å²) < 4.78 is 11.5. The average Bonchev–Trinajstić information content (AvgIpc) is 3.12. The topological polar surface area (TPSA) is 80.6 Å². The van der Waals surface area contributed by atoms with Crippen LogP contribution in [0.2, 0.25) is 0 Å². The van der Waals surface area contributed by atoms with Gasteiger partial charge >= 0.3 is 0 Å². The normalized spacial score (nSPS) is 11.8. The lowest BCUT2D eigenvalue weighted by atomic mass is 10.1. The Balaban J connectivity index is 1.59. The second-order valence-electron chi connectivity index (χ2n) is 6.59. The minimum atomic E-state index is -0.342. The molecule has 0 aliphatic rings. The van der Waals surface area contributed by atoms with Gasteiger partial charge in [0.2, 0.25) is 5.91 Å². The Morgan fingerprint density at radius 3 is 2.61 bits per heavy atom. The van der Waals surface area contributed by atoms with Gasteiger partial charge in [0, 0.05) is 10.9 Å². The summed E-state index contributed by atoms with van der Waals surface area (Å²) in [5.74, 6) is 0.724. The van der Waals surface area contributed by atoms with Crippen molar-refractivity contribution < 1.29 is 18.7 Å². The van der Waals surface area contributed by atoms with Crippen LogP contribution in [0.3, 0.4) is 0 Å². The molecular formula is C22H24N2O4. The zero-order valence-corrected chi connectivity index (χ0v) is 16.2. The zero-order chi connectivity index (χ0) is 20.1. The number of hydrogen-bond acceptors (Lipinski definition) is 4. The van der Waals surface area contributed by atoms with Crippen LogP contribution in [0.5, 0.6) is 5.75 Å². The number of amides is 2. The molecule has 146 valence electrons. The molecule has 3 rings (SSSR count). The van der Waals surface area contributed by atoms with Crippen LogP contribution in [0.1, 0.15) is 41.6 Å². The molecule has 3 aromatic rings. The van der Waals surface area contributed by atoms with Gasteiger partial charge in [0.25, 0.3) is 5.91 Å². The monoisotopic (exact) mass is 380 g/mol. The maximum atomic E-state index is 12.2. The maximum absolute atomic E-state index is 12.2. The van der Waals surface area contributed by atoms with Crippen LogP contribution in [0.4, 0.5) is 0 Å². The highest BCUT2D eigenvalue weighted by Gasteiger charge is 2.17. The first kappa shape index (κ1) is 19.5. The van der Waals surface area contributed by atoms with Gasteiger partial charge in [0.05, 0.1) is 19.2 Å². The third-order valence-corrected chi connectivity index (χ3v) is 4.35. The summed E-state index contributed by atoms with van der Waals surface area (Å²) in [6.07, 6.45) is 0. The van der Waals surface area contributed by atoms with Gasteiger partial charge in [-0.1, -0.05) is 29.8 Å². The van der Waals surface area contributed by atoms with E-state index in [4.69, 9.17) is 9.15 Å². The molecule has 1 unspecified atom stereocenters. The molecule has 2 aromatic carbocycles. The summed E-state index contributed by atoms with van der Waals surface area (Å²) in [7, 11) is 0. The van der Waals surface area contributed by atoms with Crippen LogP contribution >= 0.6 is 0 Å². The van der Waals surface area contributed by atoms with E-state index in [9.17, 15) is 9.59 Å². The van der Waals surface area contributed by atoms with Gasteiger partial charge in [-0.05, 0) is 45.0 Å². The number of rotatable bonds is 7. The van der Waals surface area contributed by atoms with Crippen LogP contribution in [-0.2, 0) is 4.79 Å². The molecule has 0 bridgehead atoms. The van der Waals surface area contributed by atoms with Crippen molar-refractivity contribution in [3.05, 3.63) is 65.4 Å². The summed E-state index contributed by atoms with van der Waals surface area (Å²) in [4.78, 5) is 24.3. The molecule has 1 atom stereocenters. The van der Waals surface area contributed by atoms with E-state index in [2.05, 4.69) is 10.6 Å². The number of carbonyl (C=O) groups excluding carboxylic acids is 2. The van der Waals surface area contributed by atoms with Crippen molar-refractivity contribution in [3.8, 4) is 5.75 Å². The molecule has 0 aliphatic heterocycles. The number of furan rings is 1. The third kappa shape index (κ3) is 4.52. The van der Waals surface area contributed by atoms with Crippen molar-refractivity contribution in [2.75, 3.05) is 13.2 Å². The van der Waals surface area contributed by atoms with Crippen molar-refractivity contribution >= 4 is 22.8 Å². The highest BCUT2D eigenvalue weighted by molar-refractivity contribution is 5.96. The second-order valence-corrected chi connectivity index (χ2v) is 6.59. The summed E-state index contributed by atoms with van der Waals surface area (Å²) in [6.45, 7) is 6.13. The molecule has 0 saturated heterocycles. The highest BCUT2D eigenvalue weighted by Crippen LogP contribution is 2.31. The van der Waals surface area contributed by atoms with Crippen molar-refractivity contribution in [2.24, 2.45) is 0 Å². The molecule has 2 N–H and O–H groups in total. The summed E-state index contributed by atoms with van der Waals surface area (Å²) in [6, 6.07) is 14.4. The number of para-hydroxylation sites is 1. The first-order valence-electron chi connectivity index (χ1n) is 9.27. The molecule has 0 saturated carbocycles. The fourth-order valence-electron chi connectivity index (χ4n) is 2.87. The van der Waals surface area contributed by atoms with Crippen LogP contribution in [0.25, 0.3) is 11.0 Å². The first-order valence-corrected chi connectivity index (χ1v) is 9.27. The molecule has 1 heterocycles. The smallest absolute Gasteiger partial charge is 0.251 e. The summed E-state index contributed by atoms with van der Waals surface area (Å²) >= 11 is 0. The lowest BCUT2D eigenvalue weighted by Crippen LogP contribution is -2.37. The van der Waals surface area contributed by atoms with Crippen LogP contribution in [-0.4, -0.2) is 25.0 Å². The van der Waals surface area contributed by atoms with E-state index in [-0.39, 0.29) is 24.4 Å². The Kier molecular flexibility index (Phi) is 5.99. The predicted octanol–water partition coefficient (Wildman–Crippen LogP) is 3.75. The Morgan fingerprint density at radius 1 is 1.14 bits per heavy atom. The van der Waals surface area contributed by atoms with Crippen molar-refractivity contribution in [3.63, 3.8) is 0 Å². The quantitative estimate of drug-likeness (QED) is 0.654. The molecule has 2 amide bonds. The van der Waals surface area contributed by atoms with Crippen LogP contribution in [0.15, 0.2) is 52.9 Å². The number of ether oxygens (including phenoxy) is 1. The fourth-order valence-corrected chi connectivity index (χ4v) is 2.87. The molecule has 0 aliphatic carbocycles. The number of fused-ring (bicyclic) bond motifs is 1. The Labute approximate surface area is 163 Å². The molecule has 6 heteroatoms. The maximum Gasteiger partial charge on any atom is 0.251 e. The molecule has 0 radical (unpaired) electrons. The number of nitrogens with one attached hydrogen (secondary N) is 2. The lowest BCUT2D eigenvalue weighted by molar-refractivity contribution is -0.120. The van der Waals surface area contributed by atoms with Gasteiger partial charge < -0.3 is 19.8 Å². The SMILES string of the molecule is CCOc1cccc2cc(C(C)NC(=O)CNC(=O)c3ccc(C)cc3)oc12. The van der Waals surface area contributed by atoms with Crippen molar-refractivity contribution in [2.45, 2.75) is 26.8 Å². The van der Waals surface area contributed by atoms with Crippen molar-refractivity contribution in [1.82, 2.24) is 10.6 Å². The molecule has 28 heavy (non-hydrogen) atoms. The number of aryl methyl sites for hydroxylation is 1. The van der Waals surface area contributed by atoms with E-state index >= 15 is 0 Å². The second kappa shape index (κ2) is 8.61.